The van der Waals surface area contributed by atoms with Crippen LogP contribution >= 0.6 is 0 Å². The topological polar surface area (TPSA) is 62.1 Å². The highest BCUT2D eigenvalue weighted by Gasteiger charge is 2.42. The highest BCUT2D eigenvalue weighted by molar-refractivity contribution is 6.36. The number of benzene rings is 4. The number of allylic oxidation sites excluding steroid dienone is 7. The van der Waals surface area contributed by atoms with Crippen LogP contribution in [0.2, 0.25) is 0 Å². The number of nitrogens with one attached hydrogen (secondary N) is 1. The Hall–Kier alpha value is -6.43. The van der Waals surface area contributed by atoms with Crippen molar-refractivity contribution in [3.05, 3.63) is 221 Å². The zero-order chi connectivity index (χ0) is 33.5. The van der Waals surface area contributed by atoms with Crippen molar-refractivity contribution in [3.8, 4) is 0 Å². The molecular formula is C45H32N4O. The fraction of sp³-hybridized carbons (Fsp3) is 0.0444. The predicted molar refractivity (Wildman–Crippen MR) is 204 cm³/mol. The summed E-state index contributed by atoms with van der Waals surface area (Å²) < 4.78 is 6.62. The molecule has 5 aromatic rings. The molecule has 1 N–H and O–H groups in total. The minimum absolute atomic E-state index is 0.772. The van der Waals surface area contributed by atoms with E-state index >= 15 is 0 Å². The summed E-state index contributed by atoms with van der Waals surface area (Å²) in [5.74, 6) is 0. The molecule has 5 heteroatoms. The Morgan fingerprint density at radius 2 is 0.920 bits per heavy atom. The Kier molecular flexibility index (Phi) is 7.26. The first-order chi connectivity index (χ1) is 24.7. The Morgan fingerprint density at radius 3 is 1.46 bits per heavy atom. The summed E-state index contributed by atoms with van der Waals surface area (Å²) in [5, 5.41) is 0. The molecule has 1 atom stereocenters. The zero-order valence-corrected chi connectivity index (χ0v) is 27.4. The van der Waals surface area contributed by atoms with E-state index in [1.165, 1.54) is 0 Å². The first-order valence-corrected chi connectivity index (χ1v) is 16.7. The van der Waals surface area contributed by atoms with Crippen LogP contribution in [0.25, 0.3) is 16.7 Å². The second-order valence-corrected chi connectivity index (χ2v) is 12.4. The average Bonchev–Trinajstić information content (AvgIpc) is 4.02. The van der Waals surface area contributed by atoms with Crippen LogP contribution in [0.4, 0.5) is 0 Å². The monoisotopic (exact) mass is 644 g/mol. The van der Waals surface area contributed by atoms with Gasteiger partial charge in [-0.25, -0.2) is 15.0 Å². The van der Waals surface area contributed by atoms with Gasteiger partial charge in [-0.15, -0.1) is 0 Å². The van der Waals surface area contributed by atoms with Gasteiger partial charge in [-0.2, -0.15) is 0 Å². The molecule has 0 amide bonds. The number of H-pyrrole nitrogens is 1. The van der Waals surface area contributed by atoms with Crippen molar-refractivity contribution in [3.63, 3.8) is 0 Å². The van der Waals surface area contributed by atoms with E-state index in [-0.39, 0.29) is 0 Å². The number of aromatic nitrogens is 1. The second kappa shape index (κ2) is 12.2. The number of nitrogens with zero attached hydrogens (tertiary/aromatic N) is 3. The molecule has 5 heterocycles. The number of rotatable bonds is 5. The van der Waals surface area contributed by atoms with Crippen LogP contribution in [0.1, 0.15) is 33.6 Å². The molecule has 8 bridgehead atoms. The van der Waals surface area contributed by atoms with Gasteiger partial charge in [-0.05, 0) is 70.8 Å². The third-order valence-electron chi connectivity index (χ3n) is 9.57. The van der Waals surface area contributed by atoms with Crippen molar-refractivity contribution >= 4 is 33.9 Å². The van der Waals surface area contributed by atoms with Gasteiger partial charge in [0.25, 0.3) is 0 Å². The normalized spacial score (nSPS) is 23.7. The van der Waals surface area contributed by atoms with Gasteiger partial charge >= 0.3 is 0 Å². The summed E-state index contributed by atoms with van der Waals surface area (Å²) >= 11 is 0. The third kappa shape index (κ3) is 4.87. The fourth-order valence-electron chi connectivity index (χ4n) is 7.28. The first-order valence-electron chi connectivity index (χ1n) is 16.7. The highest BCUT2D eigenvalue weighted by atomic mass is 16.5. The number of fused-ring (bicyclic) bond motifs is 5. The Balaban J connectivity index is 1.39. The Labute approximate surface area is 291 Å². The number of ether oxygens (including phenoxy) is 1. The van der Waals surface area contributed by atoms with Gasteiger partial charge in [0.1, 0.15) is 0 Å². The summed E-state index contributed by atoms with van der Waals surface area (Å²) in [6.45, 7) is 0. The predicted octanol–water partition coefficient (Wildman–Crippen LogP) is 9.53. The van der Waals surface area contributed by atoms with E-state index < -0.39 is 5.60 Å². The summed E-state index contributed by atoms with van der Waals surface area (Å²) in [6, 6.07) is 45.7. The molecule has 238 valence electrons. The molecule has 4 aromatic carbocycles. The molecular weight excluding hydrogens is 613 g/mol. The summed E-state index contributed by atoms with van der Waals surface area (Å²) in [5.41, 5.74) is 12.8. The maximum absolute atomic E-state index is 6.62. The van der Waals surface area contributed by atoms with Crippen molar-refractivity contribution in [2.24, 2.45) is 15.0 Å². The van der Waals surface area contributed by atoms with E-state index in [9.17, 15) is 0 Å². The molecule has 4 aliphatic rings. The van der Waals surface area contributed by atoms with Gasteiger partial charge in [-0.3, -0.25) is 0 Å². The average molecular weight is 645 g/mol. The summed E-state index contributed by atoms with van der Waals surface area (Å²) in [4.78, 5) is 19.9. The second-order valence-electron chi connectivity index (χ2n) is 12.4. The van der Waals surface area contributed by atoms with Crippen molar-refractivity contribution < 1.29 is 4.74 Å². The molecule has 0 aliphatic carbocycles. The van der Waals surface area contributed by atoms with Crippen LogP contribution < -0.4 is 0 Å². The minimum atomic E-state index is -1.03. The van der Waals surface area contributed by atoms with Crippen LogP contribution in [0.15, 0.2) is 202 Å². The first kappa shape index (κ1) is 29.7. The van der Waals surface area contributed by atoms with E-state index in [1.54, 1.807) is 7.11 Å². The molecule has 0 saturated heterocycles. The minimum Gasteiger partial charge on any atom is -0.361 e. The lowest BCUT2D eigenvalue weighted by Crippen LogP contribution is -2.38. The zero-order valence-electron chi connectivity index (χ0n) is 27.4. The Bertz CT molecular complexity index is 2420. The van der Waals surface area contributed by atoms with Crippen molar-refractivity contribution in [2.75, 3.05) is 7.11 Å². The van der Waals surface area contributed by atoms with Crippen molar-refractivity contribution in [1.29, 1.82) is 0 Å². The molecule has 1 unspecified atom stereocenters. The number of methoxy groups -OCH3 is 1. The van der Waals surface area contributed by atoms with E-state index in [0.29, 0.717) is 0 Å². The number of aromatic amines is 1. The number of aliphatic imine (C=N–C) groups is 3. The van der Waals surface area contributed by atoms with Crippen LogP contribution in [-0.2, 0) is 10.3 Å². The van der Waals surface area contributed by atoms with Crippen LogP contribution in [0.5, 0.6) is 0 Å². The smallest absolute Gasteiger partial charge is 0.174 e. The third-order valence-corrected chi connectivity index (χ3v) is 9.57. The molecule has 1 aromatic heterocycles. The molecule has 0 radical (unpaired) electrons. The van der Waals surface area contributed by atoms with Gasteiger partial charge < -0.3 is 9.72 Å². The lowest BCUT2D eigenvalue weighted by atomic mass is 9.85. The fourth-order valence-corrected chi connectivity index (χ4v) is 7.28. The summed E-state index contributed by atoms with van der Waals surface area (Å²) in [7, 11) is 1.75. The Morgan fingerprint density at radius 1 is 0.460 bits per heavy atom. The lowest BCUT2D eigenvalue weighted by molar-refractivity contribution is 0.0809. The van der Waals surface area contributed by atoms with Gasteiger partial charge in [0.05, 0.1) is 39.9 Å². The molecule has 50 heavy (non-hydrogen) atoms. The molecule has 0 fully saturated rings. The number of hydrogen-bond acceptors (Lipinski definition) is 4. The van der Waals surface area contributed by atoms with Crippen molar-refractivity contribution in [2.45, 2.75) is 5.60 Å². The number of hydrogen-bond donors (Lipinski definition) is 1. The lowest BCUT2D eigenvalue weighted by Gasteiger charge is -2.32. The maximum atomic E-state index is 6.62. The van der Waals surface area contributed by atoms with E-state index in [1.807, 2.05) is 36.4 Å². The summed E-state index contributed by atoms with van der Waals surface area (Å²) in [6.07, 6.45) is 12.6. The van der Waals surface area contributed by atoms with Crippen LogP contribution in [0, 0.1) is 0 Å². The molecule has 9 rings (SSSR count). The van der Waals surface area contributed by atoms with Gasteiger partial charge in [0.15, 0.2) is 5.60 Å². The van der Waals surface area contributed by atoms with Crippen LogP contribution in [0.3, 0.4) is 0 Å². The highest BCUT2D eigenvalue weighted by Crippen LogP contribution is 2.42. The maximum Gasteiger partial charge on any atom is 0.174 e. The SMILES string of the molecule is COC1(c2ccccc2)C2=N/C(=C(/c3ccccc3)C3=N/C(=C(/c4ccccc4)C4=N/C(=C(/c5ccccc5)c5ccc1[nH]5)C=C4)C=C3)C=C2. The standard InChI is InChI=1S/C45H32N4O/c1-50-45(33-20-12-5-13-21-33)40-28-26-38(48-40)43(31-16-8-3-9-17-31)36-24-22-34(46-36)42(30-14-6-2-7-15-30)35-23-25-37(47-35)44(32-18-10-4-11-19-32)39-27-29-41(45)49-39/h2-29,48H,1H3/b42-35-,43-36-,44-39-. The van der Waals surface area contributed by atoms with Crippen molar-refractivity contribution in [1.82, 2.24) is 4.98 Å². The van der Waals surface area contributed by atoms with E-state index in [2.05, 4.69) is 139 Å². The van der Waals surface area contributed by atoms with Gasteiger partial charge in [0, 0.05) is 29.5 Å². The van der Waals surface area contributed by atoms with Gasteiger partial charge in [0.2, 0.25) is 0 Å². The van der Waals surface area contributed by atoms with Crippen LogP contribution in [-0.4, -0.2) is 29.2 Å². The molecule has 0 spiro atoms. The molecule has 0 saturated carbocycles. The molecule has 5 nitrogen and oxygen atoms in total. The largest absolute Gasteiger partial charge is 0.361 e. The van der Waals surface area contributed by atoms with E-state index in [4.69, 9.17) is 19.7 Å². The quantitative estimate of drug-likeness (QED) is 0.204. The molecule has 4 aliphatic heterocycles. The van der Waals surface area contributed by atoms with E-state index in [0.717, 1.165) is 84.6 Å². The van der Waals surface area contributed by atoms with Gasteiger partial charge in [-0.1, -0.05) is 121 Å².